The second-order valence-electron chi connectivity index (χ2n) is 4.63. The highest BCUT2D eigenvalue weighted by molar-refractivity contribution is 6.34. The van der Waals surface area contributed by atoms with Gasteiger partial charge in [0.25, 0.3) is 0 Å². The minimum Gasteiger partial charge on any atom is -0.307 e. The van der Waals surface area contributed by atoms with Gasteiger partial charge in [-0.2, -0.15) is 0 Å². The summed E-state index contributed by atoms with van der Waals surface area (Å²) in [7, 11) is 0. The average molecular weight is 355 g/mol. The quantitative estimate of drug-likeness (QED) is 0.513. The number of nitrogens with zero attached hydrogens (tertiary/aromatic N) is 1. The number of halogens is 3. The van der Waals surface area contributed by atoms with Crippen LogP contribution in [-0.2, 0) is 4.79 Å². The molecule has 2 aromatic carbocycles. The largest absolute Gasteiger partial charge is 0.307 e. The first-order chi connectivity index (χ1) is 10.5. The smallest absolute Gasteiger partial charge is 0.249 e. The Morgan fingerprint density at radius 1 is 1.14 bits per heavy atom. The molecule has 0 bridgehead atoms. The van der Waals surface area contributed by atoms with Crippen LogP contribution in [0.2, 0.25) is 10.0 Å². The normalized spacial score (nSPS) is 11.8. The van der Waals surface area contributed by atoms with Crippen LogP contribution in [0, 0.1) is 0 Å². The van der Waals surface area contributed by atoms with Crippen molar-refractivity contribution in [1.29, 1.82) is 0 Å². The molecule has 0 saturated carbocycles. The minimum absolute atomic E-state index is 0.244. The van der Waals surface area contributed by atoms with Crippen LogP contribution in [0.15, 0.2) is 61.2 Å². The van der Waals surface area contributed by atoms with E-state index in [9.17, 15) is 4.79 Å². The fourth-order valence-corrected chi connectivity index (χ4v) is 2.59. The minimum atomic E-state index is -0.825. The highest BCUT2D eigenvalue weighted by atomic mass is 35.5. The molecule has 5 heteroatoms. The lowest BCUT2D eigenvalue weighted by Crippen LogP contribution is -2.33. The molecule has 0 aliphatic rings. The Bertz CT molecular complexity index is 670. The van der Waals surface area contributed by atoms with Crippen LogP contribution in [0.25, 0.3) is 0 Å². The number of carbonyl (C=O) groups excluding carboxylic acids is 1. The van der Waals surface area contributed by atoms with Gasteiger partial charge >= 0.3 is 0 Å². The highest BCUT2D eigenvalue weighted by Gasteiger charge is 2.24. The number of amides is 1. The molecule has 1 unspecified atom stereocenters. The van der Waals surface area contributed by atoms with E-state index in [0.29, 0.717) is 27.8 Å². The Balaban J connectivity index is 2.29. The van der Waals surface area contributed by atoms with Gasteiger partial charge in [0.05, 0.1) is 0 Å². The number of anilines is 1. The van der Waals surface area contributed by atoms with E-state index in [0.717, 1.165) is 0 Å². The number of hydrogen-bond donors (Lipinski definition) is 0. The van der Waals surface area contributed by atoms with Crippen LogP contribution in [-0.4, -0.2) is 12.5 Å². The first-order valence-corrected chi connectivity index (χ1v) is 7.79. The topological polar surface area (TPSA) is 20.3 Å². The van der Waals surface area contributed by atoms with E-state index in [1.807, 2.05) is 0 Å². The summed E-state index contributed by atoms with van der Waals surface area (Å²) in [6.45, 7) is 4.04. The maximum Gasteiger partial charge on any atom is 0.249 e. The van der Waals surface area contributed by atoms with Crippen molar-refractivity contribution >= 4 is 46.4 Å². The summed E-state index contributed by atoms with van der Waals surface area (Å²) in [5.74, 6) is -0.244. The van der Waals surface area contributed by atoms with E-state index < -0.39 is 5.38 Å². The number of alkyl halides is 1. The molecule has 0 saturated heterocycles. The number of rotatable bonds is 5. The lowest BCUT2D eigenvalue weighted by Gasteiger charge is -2.24. The maximum absolute atomic E-state index is 12.7. The number of carbonyl (C=O) groups is 1. The Labute approximate surface area is 144 Å². The second kappa shape index (κ2) is 7.68. The first-order valence-electron chi connectivity index (χ1n) is 6.60. The predicted octanol–water partition coefficient (Wildman–Crippen LogP) is 5.49. The van der Waals surface area contributed by atoms with E-state index in [2.05, 4.69) is 6.58 Å². The second-order valence-corrected chi connectivity index (χ2v) is 5.94. The molecule has 1 amide bonds. The predicted molar refractivity (Wildman–Crippen MR) is 94.0 cm³/mol. The van der Waals surface area contributed by atoms with Crippen molar-refractivity contribution in [2.45, 2.75) is 5.38 Å². The molecule has 0 radical (unpaired) electrons. The van der Waals surface area contributed by atoms with Gasteiger partial charge in [-0.1, -0.05) is 41.4 Å². The fourth-order valence-electron chi connectivity index (χ4n) is 2.02. The molecule has 1 atom stereocenters. The third-order valence-electron chi connectivity index (χ3n) is 3.07. The number of hydrogen-bond acceptors (Lipinski definition) is 1. The van der Waals surface area contributed by atoms with Crippen molar-refractivity contribution in [2.75, 3.05) is 11.4 Å². The zero-order valence-corrected chi connectivity index (χ0v) is 13.9. The third kappa shape index (κ3) is 4.04. The van der Waals surface area contributed by atoms with Crippen molar-refractivity contribution in [3.05, 3.63) is 76.8 Å². The fraction of sp³-hybridized carbons (Fsp3) is 0.118. The molecule has 2 aromatic rings. The molecule has 0 aliphatic heterocycles. The van der Waals surface area contributed by atoms with Crippen LogP contribution in [0.1, 0.15) is 10.9 Å². The van der Waals surface area contributed by atoms with Gasteiger partial charge in [-0.15, -0.1) is 18.2 Å². The molecular weight excluding hydrogens is 341 g/mol. The SMILES string of the molecule is C=CCN(C(=O)C(Cl)c1cccc(Cl)c1)c1ccc(Cl)cc1. The first kappa shape index (κ1) is 16.9. The molecule has 2 rings (SSSR count). The molecule has 0 spiro atoms. The van der Waals surface area contributed by atoms with Gasteiger partial charge in [-0.05, 0) is 42.0 Å². The van der Waals surface area contributed by atoms with Gasteiger partial charge < -0.3 is 4.90 Å². The molecule has 0 aliphatic carbocycles. The van der Waals surface area contributed by atoms with E-state index in [-0.39, 0.29) is 5.91 Å². The van der Waals surface area contributed by atoms with E-state index >= 15 is 0 Å². The van der Waals surface area contributed by atoms with Crippen LogP contribution in [0.4, 0.5) is 5.69 Å². The average Bonchev–Trinajstić information content (AvgIpc) is 2.52. The van der Waals surface area contributed by atoms with Crippen molar-refractivity contribution in [1.82, 2.24) is 0 Å². The van der Waals surface area contributed by atoms with Crippen molar-refractivity contribution in [2.24, 2.45) is 0 Å². The van der Waals surface area contributed by atoms with Gasteiger partial charge in [-0.3, -0.25) is 4.79 Å². The van der Waals surface area contributed by atoms with Crippen LogP contribution in [0.5, 0.6) is 0 Å². The summed E-state index contributed by atoms with van der Waals surface area (Å²) in [6, 6.07) is 13.9. The summed E-state index contributed by atoms with van der Waals surface area (Å²) >= 11 is 18.2. The van der Waals surface area contributed by atoms with Crippen LogP contribution in [0.3, 0.4) is 0 Å². The van der Waals surface area contributed by atoms with Gasteiger partial charge in [0.15, 0.2) is 0 Å². The van der Waals surface area contributed by atoms with Gasteiger partial charge in [0.1, 0.15) is 5.38 Å². The Morgan fingerprint density at radius 2 is 1.82 bits per heavy atom. The molecule has 0 heterocycles. The summed E-state index contributed by atoms with van der Waals surface area (Å²) < 4.78 is 0. The molecule has 22 heavy (non-hydrogen) atoms. The lowest BCUT2D eigenvalue weighted by molar-refractivity contribution is -0.118. The molecule has 2 nitrogen and oxygen atoms in total. The monoisotopic (exact) mass is 353 g/mol. The summed E-state index contributed by atoms with van der Waals surface area (Å²) in [5.41, 5.74) is 1.36. The lowest BCUT2D eigenvalue weighted by atomic mass is 10.1. The van der Waals surface area contributed by atoms with E-state index in [4.69, 9.17) is 34.8 Å². The van der Waals surface area contributed by atoms with Crippen LogP contribution < -0.4 is 4.90 Å². The maximum atomic E-state index is 12.7. The summed E-state index contributed by atoms with van der Waals surface area (Å²) in [6.07, 6.45) is 1.65. The molecular formula is C17H14Cl3NO. The van der Waals surface area contributed by atoms with Crippen LogP contribution >= 0.6 is 34.8 Å². The molecule has 0 fully saturated rings. The van der Waals surface area contributed by atoms with Gasteiger partial charge in [0.2, 0.25) is 5.91 Å². The van der Waals surface area contributed by atoms with Crippen molar-refractivity contribution in [3.8, 4) is 0 Å². The Kier molecular flexibility index (Phi) is 5.90. The summed E-state index contributed by atoms with van der Waals surface area (Å²) in [4.78, 5) is 14.3. The molecule has 114 valence electrons. The highest BCUT2D eigenvalue weighted by Crippen LogP contribution is 2.28. The third-order valence-corrected chi connectivity index (χ3v) is 4.00. The van der Waals surface area contributed by atoms with Crippen molar-refractivity contribution in [3.63, 3.8) is 0 Å². The van der Waals surface area contributed by atoms with E-state index in [1.165, 1.54) is 0 Å². The zero-order chi connectivity index (χ0) is 16.1. The standard InChI is InChI=1S/C17H14Cl3NO/c1-2-10-21(15-8-6-13(18)7-9-15)17(22)16(20)12-4-3-5-14(19)11-12/h2-9,11,16H,1,10H2. The van der Waals surface area contributed by atoms with Gasteiger partial charge in [-0.25, -0.2) is 0 Å². The van der Waals surface area contributed by atoms with Gasteiger partial charge in [0, 0.05) is 22.3 Å². The Hall–Kier alpha value is -1.48. The van der Waals surface area contributed by atoms with E-state index in [1.54, 1.807) is 59.5 Å². The Morgan fingerprint density at radius 3 is 2.41 bits per heavy atom. The molecule has 0 aromatic heterocycles. The summed E-state index contributed by atoms with van der Waals surface area (Å²) in [5, 5.41) is 0.319. The molecule has 0 N–H and O–H groups in total. The number of benzene rings is 2. The zero-order valence-electron chi connectivity index (χ0n) is 11.7. The van der Waals surface area contributed by atoms with Crippen molar-refractivity contribution < 1.29 is 4.79 Å².